The average molecular weight is 380 g/mol. The van der Waals surface area contributed by atoms with Gasteiger partial charge in [-0.15, -0.1) is 0 Å². The first-order chi connectivity index (χ1) is 13.5. The third-order valence-electron chi connectivity index (χ3n) is 4.04. The molecule has 0 aliphatic carbocycles. The van der Waals surface area contributed by atoms with Gasteiger partial charge in [-0.3, -0.25) is 4.79 Å². The van der Waals surface area contributed by atoms with E-state index in [0.717, 1.165) is 11.3 Å². The van der Waals surface area contributed by atoms with E-state index in [2.05, 4.69) is 20.6 Å². The summed E-state index contributed by atoms with van der Waals surface area (Å²) < 4.78 is 18.7. The van der Waals surface area contributed by atoms with E-state index in [1.54, 1.807) is 32.2 Å². The number of amides is 1. The van der Waals surface area contributed by atoms with Gasteiger partial charge >= 0.3 is 0 Å². The molecule has 0 atom stereocenters. The molecule has 3 aromatic rings. The number of carbonyl (C=O) groups excluding carboxylic acids is 1. The highest BCUT2D eigenvalue weighted by Crippen LogP contribution is 2.17. The second-order valence-corrected chi connectivity index (χ2v) is 6.17. The summed E-state index contributed by atoms with van der Waals surface area (Å²) in [5, 5.41) is 5.77. The Labute approximate surface area is 162 Å². The van der Waals surface area contributed by atoms with Crippen molar-refractivity contribution in [2.75, 3.05) is 19.0 Å². The normalized spacial score (nSPS) is 10.4. The highest BCUT2D eigenvalue weighted by molar-refractivity contribution is 5.92. The molecule has 6 nitrogen and oxygen atoms in total. The topological polar surface area (TPSA) is 76.1 Å². The zero-order valence-electron chi connectivity index (χ0n) is 15.7. The van der Waals surface area contributed by atoms with E-state index in [4.69, 9.17) is 4.74 Å². The molecule has 3 rings (SSSR count). The summed E-state index contributed by atoms with van der Waals surface area (Å²) >= 11 is 0. The third-order valence-corrected chi connectivity index (χ3v) is 4.04. The number of anilines is 2. The van der Waals surface area contributed by atoms with Crippen LogP contribution in [0.15, 0.2) is 54.6 Å². The Morgan fingerprint density at radius 2 is 1.93 bits per heavy atom. The molecule has 0 aliphatic rings. The van der Waals surface area contributed by atoms with Gasteiger partial charge in [0.05, 0.1) is 7.11 Å². The third kappa shape index (κ3) is 5.03. The molecule has 1 amide bonds. The van der Waals surface area contributed by atoms with E-state index in [9.17, 15) is 9.18 Å². The number of nitrogens with one attached hydrogen (secondary N) is 2. The van der Waals surface area contributed by atoms with Gasteiger partial charge in [-0.2, -0.15) is 0 Å². The predicted octanol–water partition coefficient (Wildman–Crippen LogP) is 3.65. The standard InChI is InChI=1S/C21H21FN4O2/c1-14-12-18(26-21(24-14)25-17-8-5-7-16(22)13-17)20(27)23-11-10-15-6-3-4-9-19(15)28-2/h3-9,12-13H,10-11H2,1-2H3,(H,23,27)(H,24,25,26). The van der Waals surface area contributed by atoms with Crippen LogP contribution in [-0.2, 0) is 6.42 Å². The molecule has 1 aromatic heterocycles. The predicted molar refractivity (Wildman–Crippen MR) is 105 cm³/mol. The van der Waals surface area contributed by atoms with Gasteiger partial charge < -0.3 is 15.4 Å². The Bertz CT molecular complexity index is 978. The van der Waals surface area contributed by atoms with Crippen LogP contribution in [0.3, 0.4) is 0 Å². The van der Waals surface area contributed by atoms with Crippen LogP contribution in [0, 0.1) is 12.7 Å². The van der Waals surface area contributed by atoms with Crippen LogP contribution in [0.4, 0.5) is 16.0 Å². The van der Waals surface area contributed by atoms with E-state index in [0.29, 0.717) is 24.3 Å². The van der Waals surface area contributed by atoms with Crippen molar-refractivity contribution >= 4 is 17.5 Å². The number of nitrogens with zero attached hydrogens (tertiary/aromatic N) is 2. The van der Waals surface area contributed by atoms with Gasteiger partial charge in [0.2, 0.25) is 5.95 Å². The molecule has 0 fully saturated rings. The van der Waals surface area contributed by atoms with Gasteiger partial charge in [0, 0.05) is 17.9 Å². The van der Waals surface area contributed by atoms with Crippen LogP contribution in [0.5, 0.6) is 5.75 Å². The zero-order chi connectivity index (χ0) is 19.9. The smallest absolute Gasteiger partial charge is 0.270 e. The first kappa shape index (κ1) is 19.3. The Balaban J connectivity index is 1.65. The van der Waals surface area contributed by atoms with Crippen molar-refractivity contribution in [2.24, 2.45) is 0 Å². The second kappa shape index (κ2) is 8.94. The van der Waals surface area contributed by atoms with Crippen LogP contribution in [0.2, 0.25) is 0 Å². The number of para-hydroxylation sites is 1. The minimum absolute atomic E-state index is 0.237. The molecule has 0 bridgehead atoms. The first-order valence-corrected chi connectivity index (χ1v) is 8.83. The lowest BCUT2D eigenvalue weighted by molar-refractivity contribution is 0.0949. The second-order valence-electron chi connectivity index (χ2n) is 6.17. The fourth-order valence-electron chi connectivity index (χ4n) is 2.75. The van der Waals surface area contributed by atoms with Crippen LogP contribution < -0.4 is 15.4 Å². The molecule has 144 valence electrons. The molecule has 0 unspecified atom stereocenters. The highest BCUT2D eigenvalue weighted by atomic mass is 19.1. The van der Waals surface area contributed by atoms with Gasteiger partial charge in [-0.05, 0) is 49.2 Å². The minimum Gasteiger partial charge on any atom is -0.496 e. The van der Waals surface area contributed by atoms with E-state index in [1.165, 1.54) is 12.1 Å². The van der Waals surface area contributed by atoms with E-state index in [1.807, 2.05) is 24.3 Å². The average Bonchev–Trinajstić information content (AvgIpc) is 2.68. The number of hydrogen-bond acceptors (Lipinski definition) is 5. The van der Waals surface area contributed by atoms with Gasteiger partial charge in [0.15, 0.2) is 0 Å². The summed E-state index contributed by atoms with van der Waals surface area (Å²) in [6.07, 6.45) is 0.633. The number of ether oxygens (including phenoxy) is 1. The number of methoxy groups -OCH3 is 1. The number of rotatable bonds is 7. The summed E-state index contributed by atoms with van der Waals surface area (Å²) in [4.78, 5) is 21.0. The maximum Gasteiger partial charge on any atom is 0.270 e. The van der Waals surface area contributed by atoms with Gasteiger partial charge in [0.1, 0.15) is 17.3 Å². The summed E-state index contributed by atoms with van der Waals surface area (Å²) in [6, 6.07) is 15.2. The minimum atomic E-state index is -0.369. The van der Waals surface area contributed by atoms with E-state index in [-0.39, 0.29) is 23.4 Å². The summed E-state index contributed by atoms with van der Waals surface area (Å²) in [7, 11) is 1.62. The van der Waals surface area contributed by atoms with Crippen molar-refractivity contribution in [3.8, 4) is 5.75 Å². The number of halogens is 1. The Morgan fingerprint density at radius 3 is 2.71 bits per heavy atom. The SMILES string of the molecule is COc1ccccc1CCNC(=O)c1cc(C)nc(Nc2cccc(F)c2)n1. The molecular weight excluding hydrogens is 359 g/mol. The zero-order valence-corrected chi connectivity index (χ0v) is 15.7. The maximum atomic E-state index is 13.3. The van der Waals surface area contributed by atoms with Gasteiger partial charge in [0.25, 0.3) is 5.91 Å². The Hall–Kier alpha value is -3.48. The van der Waals surface area contributed by atoms with Crippen LogP contribution in [-0.4, -0.2) is 29.5 Å². The molecular formula is C21H21FN4O2. The lowest BCUT2D eigenvalue weighted by atomic mass is 10.1. The molecule has 7 heteroatoms. The number of aryl methyl sites for hydroxylation is 1. The van der Waals surface area contributed by atoms with Crippen molar-refractivity contribution in [3.05, 3.63) is 77.4 Å². The molecule has 0 aliphatic heterocycles. The Morgan fingerprint density at radius 1 is 1.11 bits per heavy atom. The molecule has 1 heterocycles. The Kier molecular flexibility index (Phi) is 6.16. The fourth-order valence-corrected chi connectivity index (χ4v) is 2.75. The highest BCUT2D eigenvalue weighted by Gasteiger charge is 2.11. The maximum absolute atomic E-state index is 13.3. The molecule has 0 saturated heterocycles. The van der Waals surface area contributed by atoms with Crippen molar-refractivity contribution in [3.63, 3.8) is 0 Å². The van der Waals surface area contributed by atoms with Crippen molar-refractivity contribution in [2.45, 2.75) is 13.3 Å². The summed E-state index contributed by atoms with van der Waals surface area (Å²) in [5.74, 6) is 0.353. The largest absolute Gasteiger partial charge is 0.496 e. The molecule has 0 spiro atoms. The van der Waals surface area contributed by atoms with Gasteiger partial charge in [-0.25, -0.2) is 14.4 Å². The molecule has 2 aromatic carbocycles. The monoisotopic (exact) mass is 380 g/mol. The summed E-state index contributed by atoms with van der Waals surface area (Å²) in [5.41, 5.74) is 2.39. The summed E-state index contributed by atoms with van der Waals surface area (Å²) in [6.45, 7) is 2.21. The lowest BCUT2D eigenvalue weighted by Gasteiger charge is -2.10. The van der Waals surface area contributed by atoms with E-state index >= 15 is 0 Å². The van der Waals surface area contributed by atoms with Crippen molar-refractivity contribution < 1.29 is 13.9 Å². The van der Waals surface area contributed by atoms with Crippen molar-refractivity contribution in [1.82, 2.24) is 15.3 Å². The van der Waals surface area contributed by atoms with Crippen LogP contribution in [0.1, 0.15) is 21.7 Å². The van der Waals surface area contributed by atoms with Crippen LogP contribution in [0.25, 0.3) is 0 Å². The van der Waals surface area contributed by atoms with Crippen molar-refractivity contribution in [1.29, 1.82) is 0 Å². The molecule has 28 heavy (non-hydrogen) atoms. The molecule has 2 N–H and O–H groups in total. The first-order valence-electron chi connectivity index (χ1n) is 8.83. The molecule has 0 saturated carbocycles. The number of benzene rings is 2. The lowest BCUT2D eigenvalue weighted by Crippen LogP contribution is -2.27. The fraction of sp³-hybridized carbons (Fsp3) is 0.190. The number of carbonyl (C=O) groups is 1. The van der Waals surface area contributed by atoms with Crippen LogP contribution >= 0.6 is 0 Å². The molecule has 0 radical (unpaired) electrons. The van der Waals surface area contributed by atoms with E-state index < -0.39 is 0 Å². The van der Waals surface area contributed by atoms with Gasteiger partial charge in [-0.1, -0.05) is 24.3 Å². The quantitative estimate of drug-likeness (QED) is 0.654. The number of aromatic nitrogens is 2. The number of hydrogen-bond donors (Lipinski definition) is 2.